The minimum atomic E-state index is -0.640. The summed E-state index contributed by atoms with van der Waals surface area (Å²) < 4.78 is 16.3. The molecule has 1 fully saturated rings. The van der Waals surface area contributed by atoms with Crippen molar-refractivity contribution < 1.29 is 23.8 Å². The molecule has 1 aromatic carbocycles. The average Bonchev–Trinajstić information content (AvgIpc) is 3.17. The summed E-state index contributed by atoms with van der Waals surface area (Å²) in [5.41, 5.74) is 2.44. The van der Waals surface area contributed by atoms with Crippen LogP contribution in [-0.2, 0) is 27.2 Å². The van der Waals surface area contributed by atoms with E-state index < -0.39 is 17.5 Å². The number of para-hydroxylation sites is 1. The number of carbonyl (C=O) groups is 2. The van der Waals surface area contributed by atoms with Crippen molar-refractivity contribution >= 4 is 17.6 Å². The maximum absolute atomic E-state index is 12.8. The largest absolute Gasteiger partial charge is 0.465 e. The molecule has 1 aliphatic rings. The number of carbonyl (C=O) groups excluding carboxylic acids is 2. The van der Waals surface area contributed by atoms with Gasteiger partial charge in [-0.3, -0.25) is 0 Å². The van der Waals surface area contributed by atoms with Crippen molar-refractivity contribution in [3.05, 3.63) is 52.8 Å². The molecule has 1 aliphatic heterocycles. The van der Waals surface area contributed by atoms with Crippen LogP contribution < -0.4 is 10.2 Å². The number of nitrogens with one attached hydrogen (secondary N) is 2. The van der Waals surface area contributed by atoms with Crippen molar-refractivity contribution in [1.82, 2.24) is 10.3 Å². The van der Waals surface area contributed by atoms with E-state index in [2.05, 4.69) is 27.3 Å². The standard InChI is InChI=1S/C25H35N3O5/c1-6-19-21(23(29)31-5)20(27-22(19)24(30)33-25(2,3)4)15-26-14-18-16-32-13-12-28(18)17-10-8-7-9-11-17/h7-11,18,26-27H,6,12-16H2,1-5H3. The van der Waals surface area contributed by atoms with Crippen molar-refractivity contribution in [2.24, 2.45) is 0 Å². The molecule has 1 unspecified atom stereocenters. The number of methoxy groups -OCH3 is 1. The lowest BCUT2D eigenvalue weighted by molar-refractivity contribution is 0.00622. The number of H-pyrrole nitrogens is 1. The summed E-state index contributed by atoms with van der Waals surface area (Å²) in [6.07, 6.45) is 0.494. The summed E-state index contributed by atoms with van der Waals surface area (Å²) in [6.45, 7) is 10.5. The molecule has 0 radical (unpaired) electrons. The quantitative estimate of drug-likeness (QED) is 0.588. The average molecular weight is 458 g/mol. The third-order valence-corrected chi connectivity index (χ3v) is 5.52. The number of rotatable bonds is 8. The monoisotopic (exact) mass is 457 g/mol. The van der Waals surface area contributed by atoms with E-state index >= 15 is 0 Å². The first-order chi connectivity index (χ1) is 15.7. The highest BCUT2D eigenvalue weighted by Gasteiger charge is 2.29. The Labute approximate surface area is 195 Å². The summed E-state index contributed by atoms with van der Waals surface area (Å²) in [7, 11) is 1.34. The van der Waals surface area contributed by atoms with Gasteiger partial charge < -0.3 is 29.4 Å². The van der Waals surface area contributed by atoms with Crippen LogP contribution in [0.1, 0.15) is 59.8 Å². The second kappa shape index (κ2) is 10.9. The van der Waals surface area contributed by atoms with Crippen LogP contribution in [0.2, 0.25) is 0 Å². The molecule has 180 valence electrons. The van der Waals surface area contributed by atoms with Gasteiger partial charge in [0.15, 0.2) is 0 Å². The van der Waals surface area contributed by atoms with Gasteiger partial charge in [-0.2, -0.15) is 0 Å². The summed E-state index contributed by atoms with van der Waals surface area (Å²) in [5.74, 6) is -0.951. The molecule has 1 atom stereocenters. The first kappa shape index (κ1) is 24.8. The Morgan fingerprint density at radius 1 is 1.21 bits per heavy atom. The van der Waals surface area contributed by atoms with Gasteiger partial charge >= 0.3 is 11.9 Å². The second-order valence-corrected chi connectivity index (χ2v) is 9.07. The van der Waals surface area contributed by atoms with Crippen molar-refractivity contribution in [3.63, 3.8) is 0 Å². The van der Waals surface area contributed by atoms with Gasteiger partial charge in [0.1, 0.15) is 11.3 Å². The molecule has 1 saturated heterocycles. The van der Waals surface area contributed by atoms with E-state index in [0.717, 1.165) is 12.2 Å². The van der Waals surface area contributed by atoms with E-state index in [9.17, 15) is 9.59 Å². The third-order valence-electron chi connectivity index (χ3n) is 5.52. The zero-order chi connectivity index (χ0) is 24.0. The van der Waals surface area contributed by atoms with Crippen molar-refractivity contribution in [3.8, 4) is 0 Å². The fourth-order valence-corrected chi connectivity index (χ4v) is 4.08. The third kappa shape index (κ3) is 6.15. The number of aromatic amines is 1. The molecule has 8 nitrogen and oxygen atoms in total. The Hall–Kier alpha value is -2.84. The second-order valence-electron chi connectivity index (χ2n) is 9.07. The zero-order valence-corrected chi connectivity index (χ0v) is 20.2. The predicted molar refractivity (Wildman–Crippen MR) is 127 cm³/mol. The Morgan fingerprint density at radius 2 is 1.94 bits per heavy atom. The fourth-order valence-electron chi connectivity index (χ4n) is 4.08. The van der Waals surface area contributed by atoms with Gasteiger partial charge in [-0.25, -0.2) is 9.59 Å². The molecule has 0 saturated carbocycles. The summed E-state index contributed by atoms with van der Waals surface area (Å²) >= 11 is 0. The molecular formula is C25H35N3O5. The van der Waals surface area contributed by atoms with Crippen LogP contribution >= 0.6 is 0 Å². The molecule has 2 N–H and O–H groups in total. The van der Waals surface area contributed by atoms with Gasteiger partial charge in [0.05, 0.1) is 31.9 Å². The highest BCUT2D eigenvalue weighted by Crippen LogP contribution is 2.24. The van der Waals surface area contributed by atoms with Crippen molar-refractivity contribution in [1.29, 1.82) is 0 Å². The Bertz CT molecular complexity index is 949. The molecule has 3 rings (SSSR count). The summed E-state index contributed by atoms with van der Waals surface area (Å²) in [6, 6.07) is 10.4. The van der Waals surface area contributed by atoms with E-state index in [1.807, 2.05) is 45.9 Å². The number of benzene rings is 1. The van der Waals surface area contributed by atoms with Crippen LogP contribution in [0, 0.1) is 0 Å². The number of hydrogen-bond acceptors (Lipinski definition) is 7. The number of esters is 2. The van der Waals surface area contributed by atoms with Gasteiger partial charge in [0.25, 0.3) is 0 Å². The number of aromatic nitrogens is 1. The molecule has 8 heteroatoms. The highest BCUT2D eigenvalue weighted by atomic mass is 16.6. The molecule has 0 amide bonds. The van der Waals surface area contributed by atoms with Crippen LogP contribution in [0.5, 0.6) is 0 Å². The van der Waals surface area contributed by atoms with Crippen molar-refractivity contribution in [2.45, 2.75) is 52.3 Å². The van der Waals surface area contributed by atoms with Crippen LogP contribution in [0.25, 0.3) is 0 Å². The van der Waals surface area contributed by atoms with Crippen LogP contribution in [0.15, 0.2) is 30.3 Å². The lowest BCUT2D eigenvalue weighted by Gasteiger charge is -2.37. The summed E-state index contributed by atoms with van der Waals surface area (Å²) in [5, 5.41) is 3.43. The Balaban J connectivity index is 1.78. The molecule has 0 aliphatic carbocycles. The van der Waals surface area contributed by atoms with Gasteiger partial charge in [0, 0.05) is 31.0 Å². The van der Waals surface area contributed by atoms with E-state index in [1.54, 1.807) is 0 Å². The summed E-state index contributed by atoms with van der Waals surface area (Å²) in [4.78, 5) is 30.8. The smallest absolute Gasteiger partial charge is 0.355 e. The van der Waals surface area contributed by atoms with Crippen molar-refractivity contribution in [2.75, 3.05) is 38.3 Å². The fraction of sp³-hybridized carbons (Fsp3) is 0.520. The highest BCUT2D eigenvalue weighted by molar-refractivity contribution is 5.98. The van der Waals surface area contributed by atoms with Gasteiger partial charge in [-0.1, -0.05) is 25.1 Å². The normalized spacial score (nSPS) is 16.5. The maximum atomic E-state index is 12.8. The number of hydrogen-bond donors (Lipinski definition) is 2. The van der Waals surface area contributed by atoms with E-state index in [-0.39, 0.29) is 6.04 Å². The number of morpholine rings is 1. The first-order valence-electron chi connectivity index (χ1n) is 11.4. The SMILES string of the molecule is CCc1c(C(=O)OC(C)(C)C)[nH]c(CNCC2COCCN2c2ccccc2)c1C(=O)OC. The molecule has 0 bridgehead atoms. The number of nitrogens with zero attached hydrogens (tertiary/aromatic N) is 1. The Morgan fingerprint density at radius 3 is 2.58 bits per heavy atom. The molecule has 33 heavy (non-hydrogen) atoms. The minimum absolute atomic E-state index is 0.147. The maximum Gasteiger partial charge on any atom is 0.355 e. The molecule has 0 spiro atoms. The molecule has 1 aromatic heterocycles. The molecular weight excluding hydrogens is 422 g/mol. The van der Waals surface area contributed by atoms with E-state index in [4.69, 9.17) is 14.2 Å². The molecule has 2 heterocycles. The van der Waals surface area contributed by atoms with Gasteiger partial charge in [0.2, 0.25) is 0 Å². The zero-order valence-electron chi connectivity index (χ0n) is 20.2. The predicted octanol–water partition coefficient (Wildman–Crippen LogP) is 3.31. The van der Waals surface area contributed by atoms with Gasteiger partial charge in [-0.05, 0) is 44.9 Å². The lowest BCUT2D eigenvalue weighted by Crippen LogP contribution is -2.50. The number of anilines is 1. The Kier molecular flexibility index (Phi) is 8.15. The lowest BCUT2D eigenvalue weighted by atomic mass is 10.1. The van der Waals surface area contributed by atoms with Crippen LogP contribution in [0.3, 0.4) is 0 Å². The number of ether oxygens (including phenoxy) is 3. The van der Waals surface area contributed by atoms with E-state index in [1.165, 1.54) is 7.11 Å². The molecule has 2 aromatic rings. The van der Waals surface area contributed by atoms with Gasteiger partial charge in [-0.15, -0.1) is 0 Å². The van der Waals surface area contributed by atoms with Crippen LogP contribution in [0.4, 0.5) is 5.69 Å². The van der Waals surface area contributed by atoms with Crippen LogP contribution in [-0.4, -0.2) is 62.0 Å². The topological polar surface area (TPSA) is 92.9 Å². The van der Waals surface area contributed by atoms with E-state index in [0.29, 0.717) is 55.2 Å². The first-order valence-corrected chi connectivity index (χ1v) is 11.4. The minimum Gasteiger partial charge on any atom is -0.465 e.